The first-order valence-corrected chi connectivity index (χ1v) is 10.1. The van der Waals surface area contributed by atoms with Gasteiger partial charge in [-0.05, 0) is 52.3 Å². The summed E-state index contributed by atoms with van der Waals surface area (Å²) in [4.78, 5) is 0. The first-order valence-electron chi connectivity index (χ1n) is 9.17. The van der Waals surface area contributed by atoms with Crippen molar-refractivity contribution in [3.8, 4) is 0 Å². The Bertz CT molecular complexity index is 735. The first kappa shape index (κ1) is 17.1. The van der Waals surface area contributed by atoms with Crippen molar-refractivity contribution in [2.45, 2.75) is 57.3 Å². The van der Waals surface area contributed by atoms with Gasteiger partial charge in [0.2, 0.25) is 0 Å². The summed E-state index contributed by atoms with van der Waals surface area (Å²) in [5, 5.41) is 17.8. The minimum atomic E-state index is -0.0476. The van der Waals surface area contributed by atoms with Crippen molar-refractivity contribution < 1.29 is 9.84 Å². The molecule has 0 spiro atoms. The lowest BCUT2D eigenvalue weighted by Gasteiger charge is -2.45. The van der Waals surface area contributed by atoms with E-state index < -0.39 is 0 Å². The van der Waals surface area contributed by atoms with Crippen LogP contribution in [0.4, 0.5) is 5.69 Å². The van der Waals surface area contributed by atoms with Crippen LogP contribution in [0.1, 0.15) is 62.4 Å². The van der Waals surface area contributed by atoms with E-state index in [-0.39, 0.29) is 30.3 Å². The lowest BCUT2D eigenvalue weighted by atomic mass is 9.75. The largest absolute Gasteiger partial charge is 0.394 e. The molecule has 2 aliphatic heterocycles. The number of benzene rings is 1. The Balaban J connectivity index is 1.77. The summed E-state index contributed by atoms with van der Waals surface area (Å²) in [6, 6.07) is 9.24. The number of hydrogen-bond acceptors (Lipinski definition) is 4. The third-order valence-corrected chi connectivity index (χ3v) is 6.32. The van der Waals surface area contributed by atoms with Crippen LogP contribution in [-0.2, 0) is 10.2 Å². The second-order valence-corrected chi connectivity index (χ2v) is 9.11. The minimum Gasteiger partial charge on any atom is -0.394 e. The lowest BCUT2D eigenvalue weighted by Crippen LogP contribution is -2.40. The van der Waals surface area contributed by atoms with E-state index in [2.05, 4.69) is 61.1 Å². The van der Waals surface area contributed by atoms with E-state index in [4.69, 9.17) is 4.74 Å². The molecule has 0 radical (unpaired) electrons. The Morgan fingerprint density at radius 2 is 2.08 bits per heavy atom. The van der Waals surface area contributed by atoms with Crippen molar-refractivity contribution in [3.63, 3.8) is 0 Å². The second-order valence-electron chi connectivity index (χ2n) is 8.33. The molecule has 0 unspecified atom stereocenters. The smallest absolute Gasteiger partial charge is 0.0900 e. The summed E-state index contributed by atoms with van der Waals surface area (Å²) in [7, 11) is 0. The van der Waals surface area contributed by atoms with Crippen molar-refractivity contribution in [2.75, 3.05) is 11.9 Å². The highest BCUT2D eigenvalue weighted by Gasteiger charge is 2.42. The first-order chi connectivity index (χ1) is 12.0. The quantitative estimate of drug-likeness (QED) is 0.791. The van der Waals surface area contributed by atoms with Gasteiger partial charge in [-0.15, -0.1) is 0 Å². The van der Waals surface area contributed by atoms with E-state index in [1.807, 2.05) is 0 Å². The van der Waals surface area contributed by atoms with Gasteiger partial charge in [0.05, 0.1) is 24.9 Å². The minimum absolute atomic E-state index is 0.0476. The molecular formula is C21H27NO2S. The van der Waals surface area contributed by atoms with E-state index in [9.17, 15) is 5.11 Å². The van der Waals surface area contributed by atoms with Crippen LogP contribution in [0.5, 0.6) is 0 Å². The van der Waals surface area contributed by atoms with Crippen LogP contribution >= 0.6 is 11.3 Å². The molecule has 0 saturated carbocycles. The number of anilines is 1. The number of rotatable bonds is 2. The Morgan fingerprint density at radius 3 is 2.76 bits per heavy atom. The third kappa shape index (κ3) is 3.12. The van der Waals surface area contributed by atoms with Crippen molar-refractivity contribution >= 4 is 17.0 Å². The fraction of sp³-hybridized carbons (Fsp3) is 0.524. The van der Waals surface area contributed by atoms with Crippen LogP contribution in [0.25, 0.3) is 0 Å². The highest BCUT2D eigenvalue weighted by Crippen LogP contribution is 2.51. The lowest BCUT2D eigenvalue weighted by molar-refractivity contribution is -0.110. The number of thiophene rings is 1. The molecule has 2 aromatic rings. The van der Waals surface area contributed by atoms with Gasteiger partial charge in [0, 0.05) is 17.2 Å². The van der Waals surface area contributed by atoms with Gasteiger partial charge >= 0.3 is 0 Å². The van der Waals surface area contributed by atoms with Crippen molar-refractivity contribution in [1.29, 1.82) is 0 Å². The zero-order chi connectivity index (χ0) is 17.6. The third-order valence-electron chi connectivity index (χ3n) is 5.62. The molecule has 25 heavy (non-hydrogen) atoms. The highest BCUT2D eigenvalue weighted by atomic mass is 32.1. The van der Waals surface area contributed by atoms with Gasteiger partial charge in [0.1, 0.15) is 0 Å². The fourth-order valence-corrected chi connectivity index (χ4v) is 4.84. The zero-order valence-electron chi connectivity index (χ0n) is 15.2. The molecule has 2 N–H and O–H groups in total. The molecule has 4 atom stereocenters. The average Bonchev–Trinajstić information content (AvgIpc) is 3.13. The molecule has 134 valence electrons. The predicted molar refractivity (Wildman–Crippen MR) is 103 cm³/mol. The zero-order valence-corrected chi connectivity index (χ0v) is 16.0. The molecule has 1 saturated heterocycles. The average molecular weight is 358 g/mol. The van der Waals surface area contributed by atoms with Crippen LogP contribution in [0, 0.1) is 5.92 Å². The van der Waals surface area contributed by atoms with Crippen molar-refractivity contribution in [1.82, 2.24) is 0 Å². The Labute approximate surface area is 154 Å². The molecule has 3 nitrogen and oxygen atoms in total. The maximum atomic E-state index is 9.62. The summed E-state index contributed by atoms with van der Waals surface area (Å²) in [6.45, 7) is 6.84. The van der Waals surface area contributed by atoms with Crippen LogP contribution in [-0.4, -0.2) is 17.8 Å². The van der Waals surface area contributed by atoms with E-state index in [1.165, 1.54) is 22.4 Å². The molecule has 4 heteroatoms. The monoisotopic (exact) mass is 357 g/mol. The number of hydrogen-bond donors (Lipinski definition) is 2. The fourth-order valence-electron chi connectivity index (χ4n) is 4.14. The van der Waals surface area contributed by atoms with Crippen molar-refractivity contribution in [2.24, 2.45) is 5.92 Å². The van der Waals surface area contributed by atoms with Crippen LogP contribution in [0.2, 0.25) is 0 Å². The topological polar surface area (TPSA) is 41.5 Å². The van der Waals surface area contributed by atoms with Crippen LogP contribution in [0.3, 0.4) is 0 Å². The van der Waals surface area contributed by atoms with Gasteiger partial charge in [-0.1, -0.05) is 32.9 Å². The van der Waals surface area contributed by atoms with E-state index >= 15 is 0 Å². The predicted octanol–water partition coefficient (Wildman–Crippen LogP) is 5.04. The van der Waals surface area contributed by atoms with E-state index in [1.54, 1.807) is 11.3 Å². The molecular weight excluding hydrogens is 330 g/mol. The molecule has 0 amide bonds. The summed E-state index contributed by atoms with van der Waals surface area (Å²) in [5.74, 6) is 0.403. The maximum Gasteiger partial charge on any atom is 0.0900 e. The number of fused-ring (bicyclic) bond motifs is 3. The maximum absolute atomic E-state index is 9.62. The molecule has 2 aliphatic rings. The van der Waals surface area contributed by atoms with E-state index in [0.29, 0.717) is 5.92 Å². The van der Waals surface area contributed by atoms with Gasteiger partial charge in [-0.25, -0.2) is 0 Å². The number of nitrogens with one attached hydrogen (secondary N) is 1. The van der Waals surface area contributed by atoms with Crippen molar-refractivity contribution in [3.05, 3.63) is 51.7 Å². The van der Waals surface area contributed by atoms with Gasteiger partial charge in [-0.2, -0.15) is 11.3 Å². The van der Waals surface area contributed by atoms with Gasteiger partial charge in [0.25, 0.3) is 0 Å². The Morgan fingerprint density at radius 1 is 1.24 bits per heavy atom. The van der Waals surface area contributed by atoms with Gasteiger partial charge < -0.3 is 15.2 Å². The molecule has 1 aromatic carbocycles. The second kappa shape index (κ2) is 6.42. The Hall–Kier alpha value is -1.36. The molecule has 3 heterocycles. The molecule has 0 bridgehead atoms. The molecule has 1 aromatic heterocycles. The van der Waals surface area contributed by atoms with Gasteiger partial charge in [0.15, 0.2) is 0 Å². The summed E-state index contributed by atoms with van der Waals surface area (Å²) in [6.07, 6.45) is 2.00. The number of ether oxygens (including phenoxy) is 1. The number of aliphatic hydroxyl groups excluding tert-OH is 1. The summed E-state index contributed by atoms with van der Waals surface area (Å²) >= 11 is 1.74. The van der Waals surface area contributed by atoms with Crippen LogP contribution in [0.15, 0.2) is 35.0 Å². The van der Waals surface area contributed by atoms with Gasteiger partial charge in [-0.3, -0.25) is 0 Å². The summed E-state index contributed by atoms with van der Waals surface area (Å²) < 4.78 is 6.38. The van der Waals surface area contributed by atoms with Crippen LogP contribution < -0.4 is 5.32 Å². The number of aliphatic hydroxyl groups is 1. The molecule has 4 rings (SSSR count). The van der Waals surface area contributed by atoms with E-state index in [0.717, 1.165) is 12.8 Å². The standard InChI is InChI=1S/C21H27NO2S/c1-21(2,3)14-4-7-18-17(10-14)20-16(6-5-15(11-23)24-20)19(22-18)13-8-9-25-12-13/h4,7-10,12,15-16,19-20,22-23H,5-6,11H2,1-3H3/t15-,16-,19-,20-/m0/s1. The summed E-state index contributed by atoms with van der Waals surface area (Å²) in [5.41, 5.74) is 5.21. The Kier molecular flexibility index (Phi) is 4.38. The highest BCUT2D eigenvalue weighted by molar-refractivity contribution is 7.08. The molecule has 0 aliphatic carbocycles. The SMILES string of the molecule is CC(C)(C)c1ccc2c(c1)[C@H]1O[C@H](CO)CC[C@H]1[C@H](c1ccsc1)N2. The molecule has 1 fully saturated rings. The normalized spacial score (nSPS) is 28.8.